The summed E-state index contributed by atoms with van der Waals surface area (Å²) in [4.78, 5) is 12.3. The zero-order chi connectivity index (χ0) is 15.9. The highest BCUT2D eigenvalue weighted by atomic mass is 19.1. The van der Waals surface area contributed by atoms with Gasteiger partial charge in [-0.15, -0.1) is 0 Å². The molecule has 2 fully saturated rings. The maximum absolute atomic E-state index is 12.8. The molecule has 0 saturated heterocycles. The third-order valence-corrected chi connectivity index (χ3v) is 4.85. The smallest absolute Gasteiger partial charge is 0.287 e. The molecule has 2 atom stereocenters. The van der Waals surface area contributed by atoms with Crippen molar-refractivity contribution in [2.45, 2.75) is 37.8 Å². The summed E-state index contributed by atoms with van der Waals surface area (Å²) in [7, 11) is 0. The average Bonchev–Trinajstić information content (AvgIpc) is 2.92. The van der Waals surface area contributed by atoms with E-state index in [1.54, 1.807) is 24.3 Å². The molecule has 0 radical (unpaired) electrons. The van der Waals surface area contributed by atoms with Crippen molar-refractivity contribution in [2.75, 3.05) is 0 Å². The Morgan fingerprint density at radius 3 is 2.83 bits per heavy atom. The first-order chi connectivity index (χ1) is 11.1. The number of ether oxygens (including phenoxy) is 1. The van der Waals surface area contributed by atoms with Crippen LogP contribution in [0.2, 0.25) is 0 Å². The zero-order valence-electron chi connectivity index (χ0n) is 12.7. The predicted octanol–water partition coefficient (Wildman–Crippen LogP) is 3.67. The van der Waals surface area contributed by atoms with Gasteiger partial charge in [0.05, 0.1) is 0 Å². The number of rotatable bonds is 5. The molecular formula is C18H18FNO3. The van der Waals surface area contributed by atoms with E-state index in [4.69, 9.17) is 9.15 Å². The van der Waals surface area contributed by atoms with E-state index in [9.17, 15) is 9.18 Å². The molecule has 2 saturated carbocycles. The number of fused-ring (bicyclic) bond motifs is 1. The van der Waals surface area contributed by atoms with Gasteiger partial charge in [-0.25, -0.2) is 4.39 Å². The molecule has 0 spiro atoms. The quantitative estimate of drug-likeness (QED) is 0.916. The molecule has 1 amide bonds. The minimum Gasteiger partial charge on any atom is -0.486 e. The minimum atomic E-state index is -0.307. The highest BCUT2D eigenvalue weighted by Gasteiger charge is 2.57. The molecule has 23 heavy (non-hydrogen) atoms. The van der Waals surface area contributed by atoms with E-state index >= 15 is 0 Å². The van der Waals surface area contributed by atoms with Gasteiger partial charge in [-0.05, 0) is 61.6 Å². The Labute approximate surface area is 133 Å². The molecule has 2 aliphatic carbocycles. The fourth-order valence-corrected chi connectivity index (χ4v) is 3.50. The van der Waals surface area contributed by atoms with Gasteiger partial charge in [-0.2, -0.15) is 0 Å². The number of halogens is 1. The van der Waals surface area contributed by atoms with Crippen molar-refractivity contribution >= 4 is 5.91 Å². The zero-order valence-corrected chi connectivity index (χ0v) is 12.7. The Morgan fingerprint density at radius 1 is 1.30 bits per heavy atom. The molecular weight excluding hydrogens is 297 g/mol. The van der Waals surface area contributed by atoms with Crippen LogP contribution in [0, 0.1) is 11.7 Å². The lowest BCUT2D eigenvalue weighted by molar-refractivity contribution is 0.0897. The SMILES string of the molecule is O=C(N[C@@]12CCC[C@@H]1C2)c1ccc(COc2ccc(F)cc2)o1. The molecule has 4 rings (SSSR count). The number of hydrogen-bond donors (Lipinski definition) is 1. The van der Waals surface area contributed by atoms with Crippen molar-refractivity contribution in [3.05, 3.63) is 53.7 Å². The molecule has 1 aromatic carbocycles. The summed E-state index contributed by atoms with van der Waals surface area (Å²) in [5.41, 5.74) is 0.0364. The first-order valence-corrected chi connectivity index (χ1v) is 7.94. The van der Waals surface area contributed by atoms with E-state index < -0.39 is 0 Å². The van der Waals surface area contributed by atoms with Crippen LogP contribution in [0.3, 0.4) is 0 Å². The molecule has 1 heterocycles. The third-order valence-electron chi connectivity index (χ3n) is 4.85. The van der Waals surface area contributed by atoms with E-state index in [-0.39, 0.29) is 23.9 Å². The Hall–Kier alpha value is -2.30. The van der Waals surface area contributed by atoms with Crippen molar-refractivity contribution in [2.24, 2.45) is 5.92 Å². The van der Waals surface area contributed by atoms with Gasteiger partial charge in [0.2, 0.25) is 0 Å². The van der Waals surface area contributed by atoms with E-state index in [1.165, 1.54) is 25.0 Å². The molecule has 120 valence electrons. The van der Waals surface area contributed by atoms with Crippen LogP contribution >= 0.6 is 0 Å². The Bertz CT molecular complexity index is 724. The maximum Gasteiger partial charge on any atom is 0.287 e. The number of carbonyl (C=O) groups excluding carboxylic acids is 1. The molecule has 5 heteroatoms. The fraction of sp³-hybridized carbons (Fsp3) is 0.389. The Morgan fingerprint density at radius 2 is 2.13 bits per heavy atom. The van der Waals surface area contributed by atoms with Crippen molar-refractivity contribution in [3.8, 4) is 5.75 Å². The van der Waals surface area contributed by atoms with Crippen LogP contribution < -0.4 is 10.1 Å². The van der Waals surface area contributed by atoms with Crippen LogP contribution in [0.5, 0.6) is 5.75 Å². The average molecular weight is 315 g/mol. The molecule has 0 unspecified atom stereocenters. The summed E-state index contributed by atoms with van der Waals surface area (Å²) in [6.45, 7) is 0.201. The van der Waals surface area contributed by atoms with Crippen LogP contribution in [0.25, 0.3) is 0 Å². The molecule has 0 bridgehead atoms. The lowest BCUT2D eigenvalue weighted by Crippen LogP contribution is -2.36. The lowest BCUT2D eigenvalue weighted by Gasteiger charge is -2.13. The number of carbonyl (C=O) groups is 1. The standard InChI is InChI=1S/C18H18FNO3/c19-13-3-5-14(6-4-13)22-11-15-7-8-16(23-15)17(21)20-18-9-1-2-12(18)10-18/h3-8,12H,1-2,9-11H2,(H,20,21)/t12-,18-/m1/s1. The summed E-state index contributed by atoms with van der Waals surface area (Å²) in [5, 5.41) is 3.12. The fourth-order valence-electron chi connectivity index (χ4n) is 3.50. The molecule has 0 aliphatic heterocycles. The number of nitrogens with one attached hydrogen (secondary N) is 1. The van der Waals surface area contributed by atoms with Crippen LogP contribution in [0.15, 0.2) is 40.8 Å². The number of furan rings is 1. The highest BCUT2D eigenvalue weighted by molar-refractivity contribution is 5.92. The molecule has 2 aromatic rings. The molecule has 2 aliphatic rings. The minimum absolute atomic E-state index is 0.0364. The first kappa shape index (κ1) is 14.3. The van der Waals surface area contributed by atoms with Gasteiger partial charge in [0.25, 0.3) is 5.91 Å². The van der Waals surface area contributed by atoms with E-state index in [2.05, 4.69) is 5.32 Å². The van der Waals surface area contributed by atoms with Crippen LogP contribution in [0.1, 0.15) is 42.0 Å². The highest BCUT2D eigenvalue weighted by Crippen LogP contribution is 2.55. The van der Waals surface area contributed by atoms with Crippen LogP contribution in [-0.2, 0) is 6.61 Å². The molecule has 1 N–H and O–H groups in total. The second kappa shape index (κ2) is 5.41. The van der Waals surface area contributed by atoms with Gasteiger partial charge in [-0.1, -0.05) is 6.42 Å². The number of benzene rings is 1. The number of hydrogen-bond acceptors (Lipinski definition) is 3. The topological polar surface area (TPSA) is 51.5 Å². The van der Waals surface area contributed by atoms with Crippen LogP contribution in [-0.4, -0.2) is 11.4 Å². The van der Waals surface area contributed by atoms with Gasteiger partial charge in [0.15, 0.2) is 5.76 Å². The summed E-state index contributed by atoms with van der Waals surface area (Å²) in [6.07, 6.45) is 4.58. The monoisotopic (exact) mass is 315 g/mol. The lowest BCUT2D eigenvalue weighted by atomic mass is 10.2. The predicted molar refractivity (Wildman–Crippen MR) is 81.6 cm³/mol. The van der Waals surface area contributed by atoms with Gasteiger partial charge >= 0.3 is 0 Å². The summed E-state index contributed by atoms with van der Waals surface area (Å²) >= 11 is 0. The molecule has 1 aromatic heterocycles. The van der Waals surface area contributed by atoms with Gasteiger partial charge in [-0.3, -0.25) is 4.79 Å². The van der Waals surface area contributed by atoms with Gasteiger partial charge < -0.3 is 14.5 Å². The maximum atomic E-state index is 12.8. The summed E-state index contributed by atoms with van der Waals surface area (Å²) in [6, 6.07) is 9.18. The molecule has 4 nitrogen and oxygen atoms in total. The van der Waals surface area contributed by atoms with Gasteiger partial charge in [0.1, 0.15) is 23.9 Å². The van der Waals surface area contributed by atoms with Crippen molar-refractivity contribution in [1.82, 2.24) is 5.32 Å². The summed E-state index contributed by atoms with van der Waals surface area (Å²) in [5.74, 6) is 1.63. The van der Waals surface area contributed by atoms with Crippen molar-refractivity contribution < 1.29 is 18.3 Å². The largest absolute Gasteiger partial charge is 0.486 e. The van der Waals surface area contributed by atoms with Crippen LogP contribution in [0.4, 0.5) is 4.39 Å². The normalized spacial score (nSPS) is 25.0. The van der Waals surface area contributed by atoms with E-state index in [1.807, 2.05) is 0 Å². The Balaban J connectivity index is 1.35. The number of amides is 1. The second-order valence-corrected chi connectivity index (χ2v) is 6.41. The summed E-state index contributed by atoms with van der Waals surface area (Å²) < 4.78 is 23.9. The van der Waals surface area contributed by atoms with E-state index in [0.29, 0.717) is 23.2 Å². The Kier molecular flexibility index (Phi) is 3.36. The van der Waals surface area contributed by atoms with Crippen molar-refractivity contribution in [1.29, 1.82) is 0 Å². The third kappa shape index (κ3) is 2.83. The first-order valence-electron chi connectivity index (χ1n) is 7.94. The van der Waals surface area contributed by atoms with Gasteiger partial charge in [0, 0.05) is 5.54 Å². The second-order valence-electron chi connectivity index (χ2n) is 6.41. The van der Waals surface area contributed by atoms with E-state index in [0.717, 1.165) is 12.8 Å². The van der Waals surface area contributed by atoms with Crippen molar-refractivity contribution in [3.63, 3.8) is 0 Å².